The number of carbonyl (C=O) groups is 2. The fraction of sp³-hybridized carbons (Fsp3) is 0.0417. The van der Waals surface area contributed by atoms with E-state index in [-0.39, 0.29) is 17.0 Å². The monoisotopic (exact) mass is 444 g/mol. The first kappa shape index (κ1) is 22.9. The minimum atomic E-state index is -0.577. The van der Waals surface area contributed by atoms with Gasteiger partial charge in [-0.3, -0.25) is 19.7 Å². The summed E-state index contributed by atoms with van der Waals surface area (Å²) in [4.78, 5) is 34.9. The van der Waals surface area contributed by atoms with Crippen molar-refractivity contribution in [2.24, 2.45) is 5.10 Å². The SMILES string of the molecule is C=CCc1cccc(/C=N\NC(=O)c2ccc(NC(=O)c3cccc([N+](=O)[O-])c3)cc2)c1O. The lowest BCUT2D eigenvalue weighted by molar-refractivity contribution is -0.384. The van der Waals surface area contributed by atoms with Crippen LogP contribution in [-0.2, 0) is 6.42 Å². The number of nitrogens with zero attached hydrogens (tertiary/aromatic N) is 2. The summed E-state index contributed by atoms with van der Waals surface area (Å²) in [5.41, 5.74) is 4.19. The number of rotatable bonds is 8. The predicted octanol–water partition coefficient (Wildman–Crippen LogP) is 4.05. The number of anilines is 1. The van der Waals surface area contributed by atoms with Gasteiger partial charge in [-0.2, -0.15) is 5.10 Å². The van der Waals surface area contributed by atoms with Crippen LogP contribution in [0.25, 0.3) is 0 Å². The minimum Gasteiger partial charge on any atom is -0.507 e. The first-order valence-corrected chi connectivity index (χ1v) is 9.80. The number of allylic oxidation sites excluding steroid dienone is 1. The summed E-state index contributed by atoms with van der Waals surface area (Å²) in [6, 6.07) is 16.6. The molecule has 3 aromatic carbocycles. The fourth-order valence-corrected chi connectivity index (χ4v) is 2.93. The van der Waals surface area contributed by atoms with Crippen LogP contribution in [0.2, 0.25) is 0 Å². The molecular weight excluding hydrogens is 424 g/mol. The molecule has 3 N–H and O–H groups in total. The van der Waals surface area contributed by atoms with Crippen molar-refractivity contribution in [2.75, 3.05) is 5.32 Å². The largest absolute Gasteiger partial charge is 0.507 e. The Morgan fingerprint density at radius 2 is 1.76 bits per heavy atom. The Bertz CT molecular complexity index is 1240. The first-order valence-electron chi connectivity index (χ1n) is 9.80. The highest BCUT2D eigenvalue weighted by Gasteiger charge is 2.12. The van der Waals surface area contributed by atoms with Crippen molar-refractivity contribution in [2.45, 2.75) is 6.42 Å². The quantitative estimate of drug-likeness (QED) is 0.209. The van der Waals surface area contributed by atoms with Crippen molar-refractivity contribution >= 4 is 29.4 Å². The second kappa shape index (κ2) is 10.5. The Morgan fingerprint density at radius 1 is 1.03 bits per heavy atom. The molecule has 166 valence electrons. The molecular formula is C24H20N4O5. The number of phenolic OH excluding ortho intramolecular Hbond substituents is 1. The normalized spacial score (nSPS) is 10.5. The van der Waals surface area contributed by atoms with Gasteiger partial charge >= 0.3 is 0 Å². The number of hydrogen-bond acceptors (Lipinski definition) is 6. The van der Waals surface area contributed by atoms with Crippen molar-refractivity contribution in [3.8, 4) is 5.75 Å². The van der Waals surface area contributed by atoms with Crippen LogP contribution in [0.5, 0.6) is 5.75 Å². The van der Waals surface area contributed by atoms with Crippen LogP contribution in [-0.4, -0.2) is 28.1 Å². The molecule has 3 aromatic rings. The first-order chi connectivity index (χ1) is 15.9. The van der Waals surface area contributed by atoms with Gasteiger partial charge in [-0.25, -0.2) is 5.43 Å². The van der Waals surface area contributed by atoms with Crippen LogP contribution >= 0.6 is 0 Å². The molecule has 0 heterocycles. The number of hydrogen-bond donors (Lipinski definition) is 3. The topological polar surface area (TPSA) is 134 Å². The third-order valence-corrected chi connectivity index (χ3v) is 4.61. The molecule has 0 aliphatic rings. The van der Waals surface area contributed by atoms with Gasteiger partial charge in [-0.1, -0.05) is 24.3 Å². The lowest BCUT2D eigenvalue weighted by Gasteiger charge is -2.07. The molecule has 0 atom stereocenters. The fourth-order valence-electron chi connectivity index (χ4n) is 2.93. The van der Waals surface area contributed by atoms with Crippen LogP contribution in [0.3, 0.4) is 0 Å². The summed E-state index contributed by atoms with van der Waals surface area (Å²) in [5, 5.41) is 27.6. The van der Waals surface area contributed by atoms with E-state index >= 15 is 0 Å². The number of benzene rings is 3. The molecule has 3 rings (SSSR count). The van der Waals surface area contributed by atoms with E-state index in [2.05, 4.69) is 22.4 Å². The van der Waals surface area contributed by atoms with Gasteiger partial charge in [0.15, 0.2) is 0 Å². The van der Waals surface area contributed by atoms with Gasteiger partial charge in [0.25, 0.3) is 17.5 Å². The zero-order chi connectivity index (χ0) is 23.8. The number of hydrazone groups is 1. The predicted molar refractivity (Wildman–Crippen MR) is 125 cm³/mol. The van der Waals surface area contributed by atoms with E-state index in [1.807, 2.05) is 0 Å². The molecule has 0 radical (unpaired) electrons. The Labute approximate surface area is 189 Å². The van der Waals surface area contributed by atoms with Gasteiger partial charge < -0.3 is 10.4 Å². The molecule has 9 nitrogen and oxygen atoms in total. The van der Waals surface area contributed by atoms with Gasteiger partial charge in [0.2, 0.25) is 0 Å². The molecule has 0 spiro atoms. The number of nitrogens with one attached hydrogen (secondary N) is 2. The Hall–Kier alpha value is -4.79. The van der Waals surface area contributed by atoms with Crippen molar-refractivity contribution in [1.82, 2.24) is 5.43 Å². The maximum atomic E-state index is 12.3. The van der Waals surface area contributed by atoms with Crippen LogP contribution < -0.4 is 10.7 Å². The smallest absolute Gasteiger partial charge is 0.271 e. The van der Waals surface area contributed by atoms with Crippen LogP contribution in [0.1, 0.15) is 31.8 Å². The summed E-state index contributed by atoms with van der Waals surface area (Å²) in [5.74, 6) is -0.928. The third-order valence-electron chi connectivity index (χ3n) is 4.61. The maximum absolute atomic E-state index is 12.3. The van der Waals surface area contributed by atoms with E-state index in [0.29, 0.717) is 28.8 Å². The summed E-state index contributed by atoms with van der Waals surface area (Å²) >= 11 is 0. The van der Waals surface area contributed by atoms with E-state index in [4.69, 9.17) is 0 Å². The molecule has 0 unspecified atom stereocenters. The van der Waals surface area contributed by atoms with Gasteiger partial charge in [0, 0.05) is 34.5 Å². The molecule has 0 bridgehead atoms. The van der Waals surface area contributed by atoms with E-state index < -0.39 is 16.7 Å². The Kier molecular flexibility index (Phi) is 7.28. The standard InChI is InChI=1S/C24H20N4O5/c1-2-5-16-6-3-8-19(22(16)29)15-25-27-24(31)17-10-12-20(13-11-17)26-23(30)18-7-4-9-21(14-18)28(32)33/h2-4,6-15,29H,1,5H2,(H,26,30)(H,27,31)/b25-15-. The molecule has 9 heteroatoms. The Balaban J connectivity index is 1.61. The second-order valence-electron chi connectivity index (χ2n) is 6.89. The van der Waals surface area contributed by atoms with E-state index in [1.54, 1.807) is 24.3 Å². The second-order valence-corrected chi connectivity index (χ2v) is 6.89. The molecule has 33 heavy (non-hydrogen) atoms. The molecule has 0 aromatic heterocycles. The van der Waals surface area contributed by atoms with Crippen LogP contribution in [0.4, 0.5) is 11.4 Å². The zero-order valence-corrected chi connectivity index (χ0v) is 17.4. The highest BCUT2D eigenvalue weighted by atomic mass is 16.6. The number of phenols is 1. The van der Waals surface area contributed by atoms with Crippen LogP contribution in [0.15, 0.2) is 84.5 Å². The average Bonchev–Trinajstić information content (AvgIpc) is 2.82. The number of para-hydroxylation sites is 1. The maximum Gasteiger partial charge on any atom is 0.271 e. The van der Waals surface area contributed by atoms with Gasteiger partial charge in [0.05, 0.1) is 11.1 Å². The van der Waals surface area contributed by atoms with Gasteiger partial charge in [-0.15, -0.1) is 6.58 Å². The van der Waals surface area contributed by atoms with Crippen molar-refractivity contribution in [1.29, 1.82) is 0 Å². The molecule has 0 aliphatic heterocycles. The molecule has 0 saturated carbocycles. The lowest BCUT2D eigenvalue weighted by atomic mass is 10.1. The summed E-state index contributed by atoms with van der Waals surface area (Å²) < 4.78 is 0. The zero-order valence-electron chi connectivity index (χ0n) is 17.4. The van der Waals surface area contributed by atoms with Gasteiger partial charge in [0.1, 0.15) is 5.75 Å². The van der Waals surface area contributed by atoms with Crippen LogP contribution in [0, 0.1) is 10.1 Å². The number of non-ortho nitro benzene ring substituents is 1. The highest BCUT2D eigenvalue weighted by molar-refractivity contribution is 6.05. The highest BCUT2D eigenvalue weighted by Crippen LogP contribution is 2.21. The van der Waals surface area contributed by atoms with Crippen molar-refractivity contribution in [3.63, 3.8) is 0 Å². The number of nitro benzene ring substituents is 1. The molecule has 0 aliphatic carbocycles. The average molecular weight is 444 g/mol. The minimum absolute atomic E-state index is 0.0687. The number of carbonyl (C=O) groups excluding carboxylic acids is 2. The van der Waals surface area contributed by atoms with E-state index in [1.165, 1.54) is 54.7 Å². The summed E-state index contributed by atoms with van der Waals surface area (Å²) in [6.07, 6.45) is 3.52. The lowest BCUT2D eigenvalue weighted by Crippen LogP contribution is -2.18. The van der Waals surface area contributed by atoms with E-state index in [9.17, 15) is 24.8 Å². The van der Waals surface area contributed by atoms with Crippen molar-refractivity contribution < 1.29 is 19.6 Å². The molecule has 2 amide bonds. The van der Waals surface area contributed by atoms with E-state index in [0.717, 1.165) is 0 Å². The van der Waals surface area contributed by atoms with Crippen molar-refractivity contribution in [3.05, 3.63) is 112 Å². The molecule has 0 fully saturated rings. The number of aromatic hydroxyl groups is 1. The van der Waals surface area contributed by atoms with Gasteiger partial charge in [-0.05, 0) is 48.4 Å². The Morgan fingerprint density at radius 3 is 2.45 bits per heavy atom. The summed E-state index contributed by atoms with van der Waals surface area (Å²) in [7, 11) is 0. The summed E-state index contributed by atoms with van der Waals surface area (Å²) in [6.45, 7) is 3.64. The number of nitro groups is 1. The third kappa shape index (κ3) is 5.88. The number of amides is 2. The molecule has 0 saturated heterocycles.